The summed E-state index contributed by atoms with van der Waals surface area (Å²) < 4.78 is 4.66. The second-order valence-corrected chi connectivity index (χ2v) is 2.23. The zero-order valence-corrected chi connectivity index (χ0v) is 6.08. The molecule has 0 unspecified atom stereocenters. The first kappa shape index (κ1) is 7.50. The first-order valence-electron chi connectivity index (χ1n) is 2.74. The topological polar surface area (TPSA) is 29.5 Å². The quantitative estimate of drug-likeness (QED) is 0.487. The van der Waals surface area contributed by atoms with E-state index in [1.165, 1.54) is 0 Å². The standard InChI is InChI=1S/C6H6BO2S/c8-7-9-5-1-3-6(10)4-2-5/h1-4,8,10H. The molecule has 0 bridgehead atoms. The Morgan fingerprint density at radius 1 is 1.30 bits per heavy atom. The van der Waals surface area contributed by atoms with Crippen molar-refractivity contribution in [2.24, 2.45) is 0 Å². The molecule has 1 rings (SSSR count). The number of rotatable bonds is 2. The number of benzene rings is 1. The summed E-state index contributed by atoms with van der Waals surface area (Å²) in [5.41, 5.74) is 0. The Labute approximate surface area is 65.6 Å². The van der Waals surface area contributed by atoms with E-state index in [0.29, 0.717) is 13.4 Å². The fourth-order valence-corrected chi connectivity index (χ4v) is 0.735. The second kappa shape index (κ2) is 3.54. The van der Waals surface area contributed by atoms with Crippen molar-refractivity contribution in [2.75, 3.05) is 0 Å². The van der Waals surface area contributed by atoms with Crippen LogP contribution in [0, 0.1) is 0 Å². The van der Waals surface area contributed by atoms with Gasteiger partial charge in [0.05, 0.1) is 0 Å². The predicted molar refractivity (Wildman–Crippen MR) is 42.3 cm³/mol. The molecule has 0 amide bonds. The van der Waals surface area contributed by atoms with Crippen LogP contribution in [-0.2, 0) is 0 Å². The molecule has 0 aliphatic rings. The molecule has 10 heavy (non-hydrogen) atoms. The highest BCUT2D eigenvalue weighted by Gasteiger charge is 1.91. The van der Waals surface area contributed by atoms with Crippen LogP contribution in [0.25, 0.3) is 0 Å². The maximum atomic E-state index is 8.22. The molecular weight excluding hydrogens is 147 g/mol. The number of hydrogen-bond acceptors (Lipinski definition) is 3. The van der Waals surface area contributed by atoms with Crippen molar-refractivity contribution >= 4 is 20.3 Å². The van der Waals surface area contributed by atoms with Crippen LogP contribution < -0.4 is 4.65 Å². The molecule has 0 aliphatic heterocycles. The molecule has 0 atom stereocenters. The highest BCUT2D eigenvalue weighted by atomic mass is 32.1. The third-order valence-corrected chi connectivity index (χ3v) is 1.32. The summed E-state index contributed by atoms with van der Waals surface area (Å²) in [6.45, 7) is 0. The van der Waals surface area contributed by atoms with Crippen LogP contribution in [-0.4, -0.2) is 12.7 Å². The van der Waals surface area contributed by atoms with Crippen LogP contribution >= 0.6 is 12.6 Å². The fraction of sp³-hybridized carbons (Fsp3) is 0. The highest BCUT2D eigenvalue weighted by Crippen LogP contribution is 2.13. The van der Waals surface area contributed by atoms with Crippen molar-refractivity contribution in [1.82, 2.24) is 0 Å². The van der Waals surface area contributed by atoms with E-state index in [1.54, 1.807) is 24.3 Å². The average molecular weight is 153 g/mol. The fourth-order valence-electron chi connectivity index (χ4n) is 0.586. The van der Waals surface area contributed by atoms with Gasteiger partial charge >= 0.3 is 7.69 Å². The minimum atomic E-state index is 0.598. The number of hydrogen-bond donors (Lipinski definition) is 2. The van der Waals surface area contributed by atoms with E-state index >= 15 is 0 Å². The summed E-state index contributed by atoms with van der Waals surface area (Å²) in [7, 11) is 0.646. The molecule has 0 saturated carbocycles. The highest BCUT2D eigenvalue weighted by molar-refractivity contribution is 7.80. The SMILES string of the molecule is O[B]Oc1ccc(S)cc1. The van der Waals surface area contributed by atoms with E-state index in [-0.39, 0.29) is 0 Å². The van der Waals surface area contributed by atoms with Gasteiger partial charge in [-0.1, -0.05) is 0 Å². The summed E-state index contributed by atoms with van der Waals surface area (Å²) in [6.07, 6.45) is 0. The van der Waals surface area contributed by atoms with Gasteiger partial charge < -0.3 is 9.68 Å². The molecule has 0 saturated heterocycles. The molecule has 0 spiro atoms. The summed E-state index contributed by atoms with van der Waals surface area (Å²) in [6, 6.07) is 6.99. The molecule has 1 aromatic carbocycles. The lowest BCUT2D eigenvalue weighted by Gasteiger charge is -1.99. The van der Waals surface area contributed by atoms with Crippen LogP contribution in [0.3, 0.4) is 0 Å². The molecule has 0 fully saturated rings. The van der Waals surface area contributed by atoms with Crippen LogP contribution in [0.15, 0.2) is 29.2 Å². The van der Waals surface area contributed by atoms with E-state index in [1.807, 2.05) is 0 Å². The molecule has 2 nitrogen and oxygen atoms in total. The molecule has 51 valence electrons. The van der Waals surface area contributed by atoms with Gasteiger partial charge in [-0.05, 0) is 24.3 Å². The molecule has 1 radical (unpaired) electrons. The number of thiol groups is 1. The van der Waals surface area contributed by atoms with Gasteiger partial charge in [0, 0.05) is 4.90 Å². The Bertz CT molecular complexity index is 199. The second-order valence-electron chi connectivity index (χ2n) is 1.72. The zero-order valence-electron chi connectivity index (χ0n) is 5.19. The van der Waals surface area contributed by atoms with Gasteiger partial charge in [-0.25, -0.2) is 0 Å². The van der Waals surface area contributed by atoms with E-state index in [4.69, 9.17) is 5.02 Å². The van der Waals surface area contributed by atoms with Crippen LogP contribution in [0.1, 0.15) is 0 Å². The minimum absolute atomic E-state index is 0.598. The normalized spacial score (nSPS) is 9.00. The lowest BCUT2D eigenvalue weighted by molar-refractivity contribution is 0.453. The van der Waals surface area contributed by atoms with Crippen LogP contribution in [0.2, 0.25) is 0 Å². The van der Waals surface area contributed by atoms with E-state index in [2.05, 4.69) is 17.3 Å². The van der Waals surface area contributed by atoms with Gasteiger partial charge in [0.15, 0.2) is 0 Å². The molecule has 0 aliphatic carbocycles. The van der Waals surface area contributed by atoms with E-state index in [0.717, 1.165) is 4.90 Å². The minimum Gasteiger partial charge on any atom is -0.537 e. The zero-order chi connectivity index (χ0) is 7.40. The van der Waals surface area contributed by atoms with Crippen molar-refractivity contribution < 1.29 is 9.68 Å². The van der Waals surface area contributed by atoms with E-state index < -0.39 is 0 Å². The van der Waals surface area contributed by atoms with Gasteiger partial charge in [0.25, 0.3) is 0 Å². The predicted octanol–water partition coefficient (Wildman–Crippen LogP) is 0.881. The van der Waals surface area contributed by atoms with Crippen molar-refractivity contribution in [3.63, 3.8) is 0 Å². The first-order valence-corrected chi connectivity index (χ1v) is 3.19. The third kappa shape index (κ3) is 1.97. The Morgan fingerprint density at radius 3 is 2.40 bits per heavy atom. The molecule has 0 heterocycles. The first-order chi connectivity index (χ1) is 4.83. The molecule has 0 aromatic heterocycles. The van der Waals surface area contributed by atoms with Crippen molar-refractivity contribution in [2.45, 2.75) is 4.90 Å². The summed E-state index contributed by atoms with van der Waals surface area (Å²) >= 11 is 4.07. The summed E-state index contributed by atoms with van der Waals surface area (Å²) in [4.78, 5) is 0.866. The lowest BCUT2D eigenvalue weighted by atomic mass is 10.3. The maximum absolute atomic E-state index is 8.22. The molecular formula is C6H6BO2S. The average Bonchev–Trinajstić information content (AvgIpc) is 1.95. The summed E-state index contributed by atoms with van der Waals surface area (Å²) in [5.74, 6) is 0.598. The van der Waals surface area contributed by atoms with Gasteiger partial charge in [-0.3, -0.25) is 0 Å². The molecule has 4 heteroatoms. The molecule has 1 aromatic rings. The van der Waals surface area contributed by atoms with Gasteiger partial charge in [0.2, 0.25) is 0 Å². The Balaban J connectivity index is 2.69. The Hall–Kier alpha value is -0.605. The van der Waals surface area contributed by atoms with E-state index in [9.17, 15) is 0 Å². The molecule has 1 N–H and O–H groups in total. The lowest BCUT2D eigenvalue weighted by Crippen LogP contribution is -1.98. The Kier molecular flexibility index (Phi) is 2.65. The largest absolute Gasteiger partial charge is 0.569 e. The monoisotopic (exact) mass is 153 g/mol. The van der Waals surface area contributed by atoms with Gasteiger partial charge in [-0.2, -0.15) is 0 Å². The maximum Gasteiger partial charge on any atom is 0.569 e. The smallest absolute Gasteiger partial charge is 0.537 e. The van der Waals surface area contributed by atoms with Gasteiger partial charge in [-0.15, -0.1) is 12.6 Å². The van der Waals surface area contributed by atoms with Gasteiger partial charge in [0.1, 0.15) is 5.75 Å². The van der Waals surface area contributed by atoms with Crippen molar-refractivity contribution in [3.05, 3.63) is 24.3 Å². The van der Waals surface area contributed by atoms with Crippen LogP contribution in [0.4, 0.5) is 0 Å². The Morgan fingerprint density at radius 2 is 1.90 bits per heavy atom. The van der Waals surface area contributed by atoms with Crippen molar-refractivity contribution in [3.8, 4) is 5.75 Å². The van der Waals surface area contributed by atoms with Crippen LogP contribution in [0.5, 0.6) is 5.75 Å². The third-order valence-electron chi connectivity index (χ3n) is 1.03. The summed E-state index contributed by atoms with van der Waals surface area (Å²) in [5, 5.41) is 8.22. The van der Waals surface area contributed by atoms with Crippen molar-refractivity contribution in [1.29, 1.82) is 0 Å².